The number of benzene rings is 2. The van der Waals surface area contributed by atoms with Gasteiger partial charge in [0.15, 0.2) is 11.6 Å². The van der Waals surface area contributed by atoms with Crippen molar-refractivity contribution in [1.29, 1.82) is 0 Å². The largest absolute Gasteiger partial charge is 0.459 e. The molecule has 9 heteroatoms. The number of halogens is 1. The number of fused-ring (bicyclic) bond motifs is 1. The molecule has 3 heterocycles. The highest BCUT2D eigenvalue weighted by atomic mass is 19.1. The summed E-state index contributed by atoms with van der Waals surface area (Å²) in [6.07, 6.45) is 5.54. The second-order valence-corrected chi connectivity index (χ2v) is 8.06. The van der Waals surface area contributed by atoms with Crippen molar-refractivity contribution in [1.82, 2.24) is 14.8 Å². The van der Waals surface area contributed by atoms with Crippen molar-refractivity contribution >= 4 is 23.2 Å². The SMILES string of the molecule is O=C(Nc1cc(-c2nnc3n2CCCCC3)ccc1F)c1ccc(NC(=O)c2ccco2)cc1. The minimum Gasteiger partial charge on any atom is -0.459 e. The maximum atomic E-state index is 14.5. The zero-order valence-electron chi connectivity index (χ0n) is 18.3. The molecule has 0 bridgehead atoms. The molecule has 5 rings (SSSR count). The van der Waals surface area contributed by atoms with Crippen LogP contribution < -0.4 is 10.6 Å². The van der Waals surface area contributed by atoms with Crippen molar-refractivity contribution in [3.63, 3.8) is 0 Å². The normalized spacial score (nSPS) is 13.1. The van der Waals surface area contributed by atoms with Crippen LogP contribution in [0.15, 0.2) is 65.3 Å². The van der Waals surface area contributed by atoms with E-state index in [1.807, 2.05) is 0 Å². The number of hydrogen-bond acceptors (Lipinski definition) is 5. The Morgan fingerprint density at radius 2 is 1.79 bits per heavy atom. The maximum absolute atomic E-state index is 14.5. The highest BCUT2D eigenvalue weighted by Gasteiger charge is 2.18. The van der Waals surface area contributed by atoms with Crippen molar-refractivity contribution in [3.05, 3.63) is 83.8 Å². The van der Waals surface area contributed by atoms with Crippen LogP contribution in [0.5, 0.6) is 0 Å². The lowest BCUT2D eigenvalue weighted by Gasteiger charge is -2.11. The first-order valence-electron chi connectivity index (χ1n) is 11.1. The van der Waals surface area contributed by atoms with Crippen LogP contribution >= 0.6 is 0 Å². The van der Waals surface area contributed by atoms with Gasteiger partial charge in [0.1, 0.15) is 11.6 Å². The molecule has 2 N–H and O–H groups in total. The Morgan fingerprint density at radius 1 is 0.941 bits per heavy atom. The van der Waals surface area contributed by atoms with E-state index in [1.165, 1.54) is 12.3 Å². The van der Waals surface area contributed by atoms with E-state index in [0.717, 1.165) is 38.1 Å². The standard InChI is InChI=1S/C25H22FN5O3/c26-19-12-9-17(23-30-29-22-6-2-1-3-13-31(22)23)15-20(19)28-24(32)16-7-10-18(11-8-16)27-25(33)21-5-4-14-34-21/h4-5,7-12,14-15H,1-3,6,13H2,(H,27,33)(H,28,32). The molecule has 0 unspecified atom stereocenters. The average Bonchev–Trinajstić information content (AvgIpc) is 3.47. The van der Waals surface area contributed by atoms with E-state index >= 15 is 0 Å². The fourth-order valence-corrected chi connectivity index (χ4v) is 3.96. The molecule has 0 saturated heterocycles. The van der Waals surface area contributed by atoms with E-state index < -0.39 is 17.6 Å². The highest BCUT2D eigenvalue weighted by Crippen LogP contribution is 2.27. The summed E-state index contributed by atoms with van der Waals surface area (Å²) in [6.45, 7) is 0.819. The van der Waals surface area contributed by atoms with Gasteiger partial charge in [0, 0.05) is 29.8 Å². The fraction of sp³-hybridized carbons (Fsp3) is 0.200. The molecule has 1 aliphatic heterocycles. The predicted octanol–water partition coefficient (Wildman–Crippen LogP) is 4.91. The second-order valence-electron chi connectivity index (χ2n) is 8.06. The molecule has 2 amide bonds. The molecule has 0 spiro atoms. The molecule has 1 aliphatic rings. The summed E-state index contributed by atoms with van der Waals surface area (Å²) in [6, 6.07) is 14.0. The summed E-state index contributed by atoms with van der Waals surface area (Å²) in [5.41, 5.74) is 1.56. The van der Waals surface area contributed by atoms with Gasteiger partial charge in [-0.05, 0) is 67.4 Å². The number of nitrogens with one attached hydrogen (secondary N) is 2. The van der Waals surface area contributed by atoms with Gasteiger partial charge in [-0.15, -0.1) is 10.2 Å². The summed E-state index contributed by atoms with van der Waals surface area (Å²) in [5.74, 6) is 0.370. The summed E-state index contributed by atoms with van der Waals surface area (Å²) in [4.78, 5) is 24.8. The third-order valence-electron chi connectivity index (χ3n) is 5.73. The Bertz CT molecular complexity index is 1330. The van der Waals surface area contributed by atoms with E-state index in [2.05, 4.69) is 25.4 Å². The van der Waals surface area contributed by atoms with E-state index in [1.54, 1.807) is 48.5 Å². The Morgan fingerprint density at radius 3 is 2.59 bits per heavy atom. The molecule has 0 fully saturated rings. The monoisotopic (exact) mass is 459 g/mol. The van der Waals surface area contributed by atoms with E-state index in [-0.39, 0.29) is 11.4 Å². The third-order valence-corrected chi connectivity index (χ3v) is 5.73. The molecular weight excluding hydrogens is 437 g/mol. The van der Waals surface area contributed by atoms with Gasteiger partial charge in [-0.25, -0.2) is 4.39 Å². The zero-order chi connectivity index (χ0) is 23.5. The van der Waals surface area contributed by atoms with Crippen LogP contribution in [-0.4, -0.2) is 26.6 Å². The minimum absolute atomic E-state index is 0.0590. The lowest BCUT2D eigenvalue weighted by Crippen LogP contribution is -2.14. The van der Waals surface area contributed by atoms with Gasteiger partial charge < -0.3 is 19.6 Å². The predicted molar refractivity (Wildman–Crippen MR) is 124 cm³/mol. The lowest BCUT2D eigenvalue weighted by molar-refractivity contribution is 0.0995. The zero-order valence-corrected chi connectivity index (χ0v) is 18.3. The number of furan rings is 1. The molecule has 2 aromatic heterocycles. The van der Waals surface area contributed by atoms with Gasteiger partial charge in [0.2, 0.25) is 0 Å². The first-order chi connectivity index (χ1) is 16.6. The molecule has 172 valence electrons. The Kier molecular flexibility index (Phi) is 5.90. The van der Waals surface area contributed by atoms with E-state index in [9.17, 15) is 14.0 Å². The van der Waals surface area contributed by atoms with Crippen molar-refractivity contribution < 1.29 is 18.4 Å². The van der Waals surface area contributed by atoms with Gasteiger partial charge in [-0.3, -0.25) is 9.59 Å². The van der Waals surface area contributed by atoms with Crippen LogP contribution in [0.2, 0.25) is 0 Å². The van der Waals surface area contributed by atoms with E-state index in [0.29, 0.717) is 22.6 Å². The van der Waals surface area contributed by atoms with Crippen molar-refractivity contribution in [2.24, 2.45) is 0 Å². The Balaban J connectivity index is 1.31. The van der Waals surface area contributed by atoms with Crippen molar-refractivity contribution in [2.75, 3.05) is 10.6 Å². The number of rotatable bonds is 5. The number of amides is 2. The number of aryl methyl sites for hydroxylation is 1. The number of carbonyl (C=O) groups is 2. The van der Waals surface area contributed by atoms with E-state index in [4.69, 9.17) is 4.42 Å². The molecule has 34 heavy (non-hydrogen) atoms. The van der Waals surface area contributed by atoms with Crippen LogP contribution in [0.4, 0.5) is 15.8 Å². The molecule has 4 aromatic rings. The van der Waals surface area contributed by atoms with Crippen LogP contribution in [0.3, 0.4) is 0 Å². The molecule has 0 atom stereocenters. The molecular formula is C25H22FN5O3. The van der Waals surface area contributed by atoms with Gasteiger partial charge in [-0.2, -0.15) is 0 Å². The van der Waals surface area contributed by atoms with Crippen LogP contribution in [0.25, 0.3) is 11.4 Å². The summed E-state index contributed by atoms with van der Waals surface area (Å²) in [7, 11) is 0. The highest BCUT2D eigenvalue weighted by molar-refractivity contribution is 6.05. The molecule has 0 radical (unpaired) electrons. The summed E-state index contributed by atoms with van der Waals surface area (Å²) < 4.78 is 21.6. The number of carbonyl (C=O) groups excluding carboxylic acids is 2. The van der Waals surface area contributed by atoms with Gasteiger partial charge in [0.05, 0.1) is 12.0 Å². The summed E-state index contributed by atoms with van der Waals surface area (Å²) in [5, 5.41) is 13.9. The first-order valence-corrected chi connectivity index (χ1v) is 11.1. The lowest BCUT2D eigenvalue weighted by atomic mass is 10.1. The number of nitrogens with zero attached hydrogens (tertiary/aromatic N) is 3. The fourth-order valence-electron chi connectivity index (χ4n) is 3.96. The van der Waals surface area contributed by atoms with Crippen LogP contribution in [0, 0.1) is 5.82 Å². The quantitative estimate of drug-likeness (QED) is 0.442. The third kappa shape index (κ3) is 4.45. The van der Waals surface area contributed by atoms with Gasteiger partial charge in [-0.1, -0.05) is 6.42 Å². The average molecular weight is 459 g/mol. The van der Waals surface area contributed by atoms with Gasteiger partial charge in [0.25, 0.3) is 11.8 Å². The van der Waals surface area contributed by atoms with Crippen molar-refractivity contribution in [2.45, 2.75) is 32.2 Å². The number of anilines is 2. The Hall–Kier alpha value is -4.27. The molecule has 0 aliphatic carbocycles. The topological polar surface area (TPSA) is 102 Å². The summed E-state index contributed by atoms with van der Waals surface area (Å²) >= 11 is 0. The molecule has 2 aromatic carbocycles. The van der Waals surface area contributed by atoms with Crippen molar-refractivity contribution in [3.8, 4) is 11.4 Å². The minimum atomic E-state index is -0.546. The Labute approximate surface area is 194 Å². The smallest absolute Gasteiger partial charge is 0.291 e. The first kappa shape index (κ1) is 21.6. The molecule has 8 nitrogen and oxygen atoms in total. The maximum Gasteiger partial charge on any atom is 0.291 e. The molecule has 0 saturated carbocycles. The number of hydrogen-bond donors (Lipinski definition) is 2. The number of aromatic nitrogens is 3. The van der Waals surface area contributed by atoms with Crippen LogP contribution in [0.1, 0.15) is 46.0 Å². The second kappa shape index (κ2) is 9.30. The van der Waals surface area contributed by atoms with Gasteiger partial charge >= 0.3 is 0 Å². The van der Waals surface area contributed by atoms with Crippen LogP contribution in [-0.2, 0) is 13.0 Å².